The molecule has 0 atom stereocenters. The molecule has 0 saturated carbocycles. The van der Waals surface area contributed by atoms with E-state index in [-0.39, 0.29) is 23.2 Å². The lowest BCUT2D eigenvalue weighted by Gasteiger charge is -2.34. The van der Waals surface area contributed by atoms with Crippen LogP contribution in [0.2, 0.25) is 5.02 Å². The van der Waals surface area contributed by atoms with Crippen molar-refractivity contribution < 1.29 is 13.2 Å². The van der Waals surface area contributed by atoms with Crippen LogP contribution in [-0.4, -0.2) is 63.5 Å². The number of halogens is 2. The summed E-state index contributed by atoms with van der Waals surface area (Å²) in [5.41, 5.74) is 1.59. The first-order valence-electron chi connectivity index (χ1n) is 11.9. The Balaban J connectivity index is 0.00000336. The van der Waals surface area contributed by atoms with E-state index < -0.39 is 10.0 Å². The third-order valence-electron chi connectivity index (χ3n) is 6.15. The third-order valence-corrected chi connectivity index (χ3v) is 8.93. The summed E-state index contributed by atoms with van der Waals surface area (Å²) in [6.45, 7) is 4.68. The predicted octanol–water partition coefficient (Wildman–Crippen LogP) is 4.72. The van der Waals surface area contributed by atoms with Crippen molar-refractivity contribution in [2.24, 2.45) is 0 Å². The van der Waals surface area contributed by atoms with E-state index in [4.69, 9.17) is 16.6 Å². The number of sulfonamides is 1. The largest absolute Gasteiger partial charge is 0.351 e. The van der Waals surface area contributed by atoms with Crippen LogP contribution in [0.3, 0.4) is 0 Å². The van der Waals surface area contributed by atoms with Crippen LogP contribution in [0.25, 0.3) is 10.2 Å². The van der Waals surface area contributed by atoms with Crippen LogP contribution in [0.4, 0.5) is 10.8 Å². The average molecular weight is 593 g/mol. The normalized spacial score (nSPS) is 14.2. The highest BCUT2D eigenvalue weighted by atomic mass is 35.5. The first-order valence-corrected chi connectivity index (χ1v) is 14.6. The molecule has 1 aromatic heterocycles. The maximum absolute atomic E-state index is 12.7. The van der Waals surface area contributed by atoms with E-state index >= 15 is 0 Å². The van der Waals surface area contributed by atoms with Crippen LogP contribution in [-0.2, 0) is 10.0 Å². The molecule has 0 unspecified atom stereocenters. The van der Waals surface area contributed by atoms with Crippen molar-refractivity contribution >= 4 is 72.3 Å². The number of hydrogen-bond donors (Lipinski definition) is 2. The van der Waals surface area contributed by atoms with Gasteiger partial charge in [0, 0.05) is 50.5 Å². The van der Waals surface area contributed by atoms with Crippen molar-refractivity contribution in [3.8, 4) is 0 Å². The number of benzene rings is 3. The minimum absolute atomic E-state index is 0. The van der Waals surface area contributed by atoms with E-state index in [0.717, 1.165) is 48.1 Å². The summed E-state index contributed by atoms with van der Waals surface area (Å²) in [5.74, 6) is -0.245. The van der Waals surface area contributed by atoms with Gasteiger partial charge in [-0.2, -0.15) is 0 Å². The summed E-state index contributed by atoms with van der Waals surface area (Å²) in [6, 6.07) is 20.4. The van der Waals surface area contributed by atoms with Gasteiger partial charge in [-0.1, -0.05) is 53.3 Å². The molecule has 1 aliphatic heterocycles. The van der Waals surface area contributed by atoms with Crippen LogP contribution >= 0.6 is 35.3 Å². The second-order valence-corrected chi connectivity index (χ2v) is 11.8. The molecule has 1 saturated heterocycles. The number of thiazole rings is 1. The van der Waals surface area contributed by atoms with Crippen molar-refractivity contribution in [2.45, 2.75) is 4.90 Å². The van der Waals surface area contributed by atoms with Gasteiger partial charge in [-0.05, 0) is 42.5 Å². The molecule has 2 heterocycles. The number of rotatable bonds is 8. The molecule has 1 fully saturated rings. The zero-order valence-electron chi connectivity index (χ0n) is 20.3. The number of anilines is 2. The lowest BCUT2D eigenvalue weighted by atomic mass is 10.2. The number of hydrogen-bond acceptors (Lipinski definition) is 7. The van der Waals surface area contributed by atoms with E-state index in [1.165, 1.54) is 12.1 Å². The van der Waals surface area contributed by atoms with E-state index in [9.17, 15) is 13.2 Å². The zero-order chi connectivity index (χ0) is 25.8. The summed E-state index contributed by atoms with van der Waals surface area (Å²) < 4.78 is 28.8. The summed E-state index contributed by atoms with van der Waals surface area (Å²) in [7, 11) is -3.72. The molecule has 12 heteroatoms. The molecule has 0 bridgehead atoms. The van der Waals surface area contributed by atoms with Gasteiger partial charge in [-0.3, -0.25) is 14.4 Å². The van der Waals surface area contributed by atoms with Crippen LogP contribution in [0.1, 0.15) is 10.4 Å². The summed E-state index contributed by atoms with van der Waals surface area (Å²) >= 11 is 7.93. The minimum Gasteiger partial charge on any atom is -0.351 e. The molecule has 1 amide bonds. The summed E-state index contributed by atoms with van der Waals surface area (Å²) in [4.78, 5) is 22.2. The Morgan fingerprint density at radius 1 is 0.974 bits per heavy atom. The zero-order valence-corrected chi connectivity index (χ0v) is 23.5. The lowest BCUT2D eigenvalue weighted by Crippen LogP contribution is -2.48. The molecule has 0 aliphatic carbocycles. The van der Waals surface area contributed by atoms with Gasteiger partial charge in [0.15, 0.2) is 5.13 Å². The Morgan fingerprint density at radius 3 is 2.45 bits per heavy atom. The summed E-state index contributed by atoms with van der Waals surface area (Å²) in [5, 5.41) is 4.60. The molecule has 1 aliphatic rings. The highest BCUT2D eigenvalue weighted by molar-refractivity contribution is 7.92. The van der Waals surface area contributed by atoms with Gasteiger partial charge in [0.1, 0.15) is 5.52 Å². The number of fused-ring (bicyclic) bond motifs is 1. The van der Waals surface area contributed by atoms with Gasteiger partial charge in [0.05, 0.1) is 14.6 Å². The Labute approximate surface area is 237 Å². The van der Waals surface area contributed by atoms with Crippen molar-refractivity contribution in [1.82, 2.24) is 15.2 Å². The van der Waals surface area contributed by atoms with Gasteiger partial charge in [0.2, 0.25) is 0 Å². The second-order valence-electron chi connectivity index (χ2n) is 8.67. The highest BCUT2D eigenvalue weighted by Crippen LogP contribution is 2.33. The number of carbonyl (C=O) groups is 1. The number of piperazine rings is 1. The molecule has 5 rings (SSSR count). The Morgan fingerprint density at radius 2 is 1.71 bits per heavy atom. The number of para-hydroxylation sites is 1. The summed E-state index contributed by atoms with van der Waals surface area (Å²) in [6.07, 6.45) is 0. The number of aromatic nitrogens is 1. The van der Waals surface area contributed by atoms with Crippen LogP contribution in [0, 0.1) is 0 Å². The molecule has 38 heavy (non-hydrogen) atoms. The lowest BCUT2D eigenvalue weighted by molar-refractivity contribution is 0.0948. The average Bonchev–Trinajstić information content (AvgIpc) is 3.35. The standard InChI is InChI=1S/C26H26ClN5O3S2.ClH/c27-22-10-5-11-23-24(22)29-26(36-23)32-16-14-31(15-17-32)13-12-28-25(33)19-6-4-7-20(18-19)30-37(34,35)21-8-2-1-3-9-21;/h1-11,18,30H,12-17H2,(H,28,33);1H. The first kappa shape index (κ1) is 28.1. The highest BCUT2D eigenvalue weighted by Gasteiger charge is 2.20. The topological polar surface area (TPSA) is 94.6 Å². The van der Waals surface area contributed by atoms with Crippen LogP contribution < -0.4 is 14.9 Å². The molecule has 0 spiro atoms. The van der Waals surface area contributed by atoms with Crippen molar-refractivity contribution in [3.63, 3.8) is 0 Å². The van der Waals surface area contributed by atoms with E-state index in [2.05, 4.69) is 19.8 Å². The monoisotopic (exact) mass is 591 g/mol. The maximum Gasteiger partial charge on any atom is 0.261 e. The molecule has 2 N–H and O–H groups in total. The third kappa shape index (κ3) is 6.57. The fourth-order valence-corrected chi connectivity index (χ4v) is 6.56. The van der Waals surface area contributed by atoms with Gasteiger partial charge in [0.25, 0.3) is 15.9 Å². The molecular formula is C26H27Cl2N5O3S2. The van der Waals surface area contributed by atoms with Crippen molar-refractivity contribution in [2.75, 3.05) is 48.9 Å². The first-order chi connectivity index (χ1) is 17.9. The quantitative estimate of drug-likeness (QED) is 0.308. The van der Waals surface area contributed by atoms with E-state index in [1.807, 2.05) is 18.2 Å². The van der Waals surface area contributed by atoms with Crippen molar-refractivity contribution in [1.29, 1.82) is 0 Å². The predicted molar refractivity (Wildman–Crippen MR) is 157 cm³/mol. The molecule has 4 aromatic rings. The van der Waals surface area contributed by atoms with E-state index in [1.54, 1.807) is 53.8 Å². The molecule has 8 nitrogen and oxygen atoms in total. The number of nitrogens with zero attached hydrogens (tertiary/aromatic N) is 3. The maximum atomic E-state index is 12.7. The number of amides is 1. The molecular weight excluding hydrogens is 565 g/mol. The van der Waals surface area contributed by atoms with E-state index in [0.29, 0.717) is 22.8 Å². The molecule has 3 aromatic carbocycles. The van der Waals surface area contributed by atoms with Gasteiger partial charge >= 0.3 is 0 Å². The smallest absolute Gasteiger partial charge is 0.261 e. The fraction of sp³-hybridized carbons (Fsp3) is 0.231. The molecule has 200 valence electrons. The van der Waals surface area contributed by atoms with Gasteiger partial charge < -0.3 is 10.2 Å². The second kappa shape index (κ2) is 12.3. The van der Waals surface area contributed by atoms with Crippen LogP contribution in [0.5, 0.6) is 0 Å². The Hall–Kier alpha value is -2.89. The SMILES string of the molecule is Cl.O=C(NCCN1CCN(c2nc3c(Cl)cccc3s2)CC1)c1cccc(NS(=O)(=O)c2ccccc2)c1. The minimum atomic E-state index is -3.72. The number of carbonyl (C=O) groups excluding carboxylic acids is 1. The Kier molecular flexibility index (Phi) is 9.11. The van der Waals surface area contributed by atoms with Gasteiger partial charge in [-0.25, -0.2) is 13.4 Å². The fourth-order valence-electron chi connectivity index (χ4n) is 4.17. The van der Waals surface area contributed by atoms with Crippen molar-refractivity contribution in [3.05, 3.63) is 83.4 Å². The van der Waals surface area contributed by atoms with Crippen LogP contribution in [0.15, 0.2) is 77.7 Å². The van der Waals surface area contributed by atoms with Gasteiger partial charge in [-0.15, -0.1) is 12.4 Å². The Bertz CT molecular complexity index is 1510. The number of nitrogens with one attached hydrogen (secondary N) is 2. The molecule has 0 radical (unpaired) electrons.